The van der Waals surface area contributed by atoms with E-state index in [1.807, 2.05) is 23.2 Å². The first-order valence-electron chi connectivity index (χ1n) is 7.34. The van der Waals surface area contributed by atoms with Crippen molar-refractivity contribution in [2.24, 2.45) is 35.2 Å². The molecule has 0 atom stereocenters. The molecule has 19 heavy (non-hydrogen) atoms. The third kappa shape index (κ3) is 1.83. The molecule has 0 aromatic carbocycles. The van der Waals surface area contributed by atoms with Gasteiger partial charge < -0.3 is 4.57 Å². The molecule has 0 aliphatic heterocycles. The maximum atomic E-state index is 12.7. The number of carbonyl (C=O) groups is 1. The topological polar surface area (TPSA) is 34.4 Å². The summed E-state index contributed by atoms with van der Waals surface area (Å²) >= 11 is 1.56. The van der Waals surface area contributed by atoms with Gasteiger partial charge in [0.05, 0.1) is 5.41 Å². The highest BCUT2D eigenvalue weighted by Crippen LogP contribution is 2.60. The monoisotopic (exact) mass is 276 g/mol. The molecule has 5 rings (SSSR count). The quantitative estimate of drug-likeness (QED) is 0.776. The van der Waals surface area contributed by atoms with Crippen LogP contribution in [0.3, 0.4) is 0 Å². The van der Waals surface area contributed by atoms with E-state index in [4.69, 9.17) is 0 Å². The summed E-state index contributed by atoms with van der Waals surface area (Å²) in [5, 5.41) is 1.99. The molecule has 0 spiro atoms. The molecule has 1 heterocycles. The molecular weight excluding hydrogens is 256 g/mol. The molecule has 1 aromatic heterocycles. The number of aryl methyl sites for hydroxylation is 1. The van der Waals surface area contributed by atoms with Gasteiger partial charge >= 0.3 is 0 Å². The summed E-state index contributed by atoms with van der Waals surface area (Å²) in [5.74, 6) is 2.59. The first-order valence-corrected chi connectivity index (χ1v) is 8.22. The first-order chi connectivity index (χ1) is 9.14. The van der Waals surface area contributed by atoms with Gasteiger partial charge in [-0.1, -0.05) is 0 Å². The lowest BCUT2D eigenvalue weighted by molar-refractivity contribution is -0.142. The Bertz CT molecular complexity index is 548. The van der Waals surface area contributed by atoms with E-state index in [0.29, 0.717) is 0 Å². The number of amides is 1. The molecule has 0 N–H and O–H groups in total. The van der Waals surface area contributed by atoms with Crippen molar-refractivity contribution in [1.29, 1.82) is 0 Å². The van der Waals surface area contributed by atoms with Crippen LogP contribution in [0.5, 0.6) is 0 Å². The maximum absolute atomic E-state index is 12.7. The number of hydrogen-bond acceptors (Lipinski definition) is 2. The molecular formula is C15H20N2OS. The third-order valence-electron chi connectivity index (χ3n) is 5.45. The number of hydrogen-bond donors (Lipinski definition) is 0. The van der Waals surface area contributed by atoms with E-state index in [2.05, 4.69) is 4.99 Å². The highest BCUT2D eigenvalue weighted by atomic mass is 32.1. The lowest BCUT2D eigenvalue weighted by Crippen LogP contribution is -2.49. The van der Waals surface area contributed by atoms with E-state index in [0.717, 1.165) is 41.8 Å². The Morgan fingerprint density at radius 1 is 1.26 bits per heavy atom. The zero-order chi connectivity index (χ0) is 13.0. The van der Waals surface area contributed by atoms with Crippen LogP contribution in [0.25, 0.3) is 0 Å². The fourth-order valence-corrected chi connectivity index (χ4v) is 5.74. The highest BCUT2D eigenvalue weighted by Gasteiger charge is 2.54. The van der Waals surface area contributed by atoms with Crippen LogP contribution >= 0.6 is 11.3 Å². The number of rotatable bonds is 1. The second kappa shape index (κ2) is 4.05. The molecule has 4 fully saturated rings. The van der Waals surface area contributed by atoms with Gasteiger partial charge in [0.25, 0.3) is 5.91 Å². The van der Waals surface area contributed by atoms with E-state index in [1.54, 1.807) is 11.3 Å². The molecule has 0 radical (unpaired) electrons. The molecule has 4 heteroatoms. The zero-order valence-electron chi connectivity index (χ0n) is 11.3. The van der Waals surface area contributed by atoms with Crippen molar-refractivity contribution in [3.8, 4) is 0 Å². The molecule has 4 aliphatic rings. The van der Waals surface area contributed by atoms with Gasteiger partial charge in [-0.15, -0.1) is 11.3 Å². The van der Waals surface area contributed by atoms with Gasteiger partial charge in [0.15, 0.2) is 4.80 Å². The lowest BCUT2D eigenvalue weighted by Gasteiger charge is -2.55. The zero-order valence-corrected chi connectivity index (χ0v) is 12.2. The Hall–Kier alpha value is -0.900. The predicted octanol–water partition coefficient (Wildman–Crippen LogP) is 2.73. The van der Waals surface area contributed by atoms with Crippen LogP contribution in [0.1, 0.15) is 38.5 Å². The van der Waals surface area contributed by atoms with E-state index in [9.17, 15) is 4.79 Å². The Morgan fingerprint density at radius 3 is 2.32 bits per heavy atom. The van der Waals surface area contributed by atoms with Crippen LogP contribution in [0.4, 0.5) is 0 Å². The summed E-state index contributed by atoms with van der Waals surface area (Å²) in [6, 6.07) is 0. The standard InChI is InChI=1S/C15H20N2OS/c1-17-2-3-19-14(17)16-13(18)15-7-10-4-11(8-15)6-12(5-10)9-15/h2-3,10-12H,4-9H2,1H3/b16-14-. The van der Waals surface area contributed by atoms with Gasteiger partial charge in [-0.25, -0.2) is 0 Å². The van der Waals surface area contributed by atoms with E-state index in [1.165, 1.54) is 19.3 Å². The summed E-state index contributed by atoms with van der Waals surface area (Å²) in [7, 11) is 1.96. The van der Waals surface area contributed by atoms with Crippen LogP contribution < -0.4 is 4.80 Å². The number of carbonyl (C=O) groups excluding carboxylic acids is 1. The predicted molar refractivity (Wildman–Crippen MR) is 74.5 cm³/mol. The Kier molecular flexibility index (Phi) is 2.53. The molecule has 0 unspecified atom stereocenters. The minimum Gasteiger partial charge on any atom is -0.327 e. The van der Waals surface area contributed by atoms with Crippen molar-refractivity contribution < 1.29 is 4.79 Å². The van der Waals surface area contributed by atoms with Crippen LogP contribution in [0.15, 0.2) is 16.6 Å². The molecule has 4 saturated carbocycles. The van der Waals surface area contributed by atoms with Crippen LogP contribution in [-0.2, 0) is 11.8 Å². The van der Waals surface area contributed by atoms with E-state index in [-0.39, 0.29) is 11.3 Å². The first kappa shape index (κ1) is 11.9. The van der Waals surface area contributed by atoms with Gasteiger partial charge in [-0.05, 0) is 56.3 Å². The van der Waals surface area contributed by atoms with Crippen molar-refractivity contribution in [2.75, 3.05) is 0 Å². The van der Waals surface area contributed by atoms with Crippen LogP contribution in [0.2, 0.25) is 0 Å². The van der Waals surface area contributed by atoms with Crippen LogP contribution in [-0.4, -0.2) is 10.5 Å². The molecule has 3 nitrogen and oxygen atoms in total. The molecule has 4 bridgehead atoms. The van der Waals surface area contributed by atoms with Gasteiger partial charge in [0, 0.05) is 18.6 Å². The number of aromatic nitrogens is 1. The van der Waals surface area contributed by atoms with E-state index >= 15 is 0 Å². The van der Waals surface area contributed by atoms with Crippen molar-refractivity contribution >= 4 is 17.2 Å². The maximum Gasteiger partial charge on any atom is 0.254 e. The van der Waals surface area contributed by atoms with Gasteiger partial charge in [0.1, 0.15) is 0 Å². The molecule has 0 saturated heterocycles. The summed E-state index contributed by atoms with van der Waals surface area (Å²) < 4.78 is 1.95. The van der Waals surface area contributed by atoms with Gasteiger partial charge in [-0.3, -0.25) is 4.79 Å². The third-order valence-corrected chi connectivity index (χ3v) is 6.30. The van der Waals surface area contributed by atoms with Gasteiger partial charge in [-0.2, -0.15) is 4.99 Å². The second-order valence-electron chi connectivity index (χ2n) is 6.91. The fraction of sp³-hybridized carbons (Fsp3) is 0.733. The molecule has 4 aliphatic carbocycles. The summed E-state index contributed by atoms with van der Waals surface area (Å²) in [6.07, 6.45) is 9.41. The largest absolute Gasteiger partial charge is 0.327 e. The highest BCUT2D eigenvalue weighted by molar-refractivity contribution is 7.07. The molecule has 102 valence electrons. The SMILES string of the molecule is Cn1ccs/c1=N\C(=O)C12CC3CC(CC(C3)C1)C2. The number of nitrogens with zero attached hydrogens (tertiary/aromatic N) is 2. The number of thiazole rings is 1. The Labute approximate surface area is 117 Å². The van der Waals surface area contributed by atoms with E-state index < -0.39 is 0 Å². The molecule has 1 amide bonds. The Morgan fingerprint density at radius 2 is 1.84 bits per heavy atom. The average Bonchev–Trinajstić information content (AvgIpc) is 2.73. The summed E-state index contributed by atoms with van der Waals surface area (Å²) in [6.45, 7) is 0. The lowest BCUT2D eigenvalue weighted by atomic mass is 9.49. The molecule has 1 aromatic rings. The normalized spacial score (nSPS) is 40.9. The van der Waals surface area contributed by atoms with Crippen molar-refractivity contribution in [2.45, 2.75) is 38.5 Å². The fourth-order valence-electron chi connectivity index (χ4n) is 5.01. The Balaban J connectivity index is 1.69. The van der Waals surface area contributed by atoms with Crippen molar-refractivity contribution in [3.63, 3.8) is 0 Å². The average molecular weight is 276 g/mol. The van der Waals surface area contributed by atoms with Crippen molar-refractivity contribution in [1.82, 2.24) is 4.57 Å². The minimum absolute atomic E-state index is 0.0915. The summed E-state index contributed by atoms with van der Waals surface area (Å²) in [4.78, 5) is 18.0. The second-order valence-corrected chi connectivity index (χ2v) is 7.78. The smallest absolute Gasteiger partial charge is 0.254 e. The summed E-state index contributed by atoms with van der Waals surface area (Å²) in [5.41, 5.74) is -0.0915. The minimum atomic E-state index is -0.0915. The van der Waals surface area contributed by atoms with Gasteiger partial charge in [0.2, 0.25) is 0 Å². The van der Waals surface area contributed by atoms with Crippen LogP contribution in [0, 0.1) is 23.2 Å². The van der Waals surface area contributed by atoms with Crippen molar-refractivity contribution in [3.05, 3.63) is 16.4 Å².